The van der Waals surface area contributed by atoms with Gasteiger partial charge in [0.25, 0.3) is 0 Å². The molecule has 2 aliphatic heterocycles. The minimum atomic E-state index is -0.247. The number of fused-ring (bicyclic) bond motifs is 3. The molecule has 3 rings (SSSR count). The van der Waals surface area contributed by atoms with Crippen molar-refractivity contribution in [2.24, 2.45) is 10.7 Å². The Balaban J connectivity index is 2.03. The predicted molar refractivity (Wildman–Crippen MR) is 58.4 cm³/mol. The summed E-state index contributed by atoms with van der Waals surface area (Å²) in [7, 11) is 0. The number of rotatable bonds is 0. The van der Waals surface area contributed by atoms with Crippen molar-refractivity contribution >= 4 is 18.0 Å². The first kappa shape index (κ1) is 8.47. The van der Waals surface area contributed by atoms with Crippen LogP contribution in [0, 0.1) is 0 Å². The van der Waals surface area contributed by atoms with Gasteiger partial charge in [-0.1, -0.05) is 18.2 Å². The van der Waals surface area contributed by atoms with Crippen molar-refractivity contribution in [3.8, 4) is 0 Å². The van der Waals surface area contributed by atoms with Crippen molar-refractivity contribution < 1.29 is 0 Å². The maximum atomic E-state index is 5.73. The fourth-order valence-electron chi connectivity index (χ4n) is 1.94. The molecule has 0 saturated carbocycles. The van der Waals surface area contributed by atoms with Gasteiger partial charge >= 0.3 is 0 Å². The molecule has 0 saturated heterocycles. The molecule has 0 fully saturated rings. The zero-order valence-corrected chi connectivity index (χ0v) is 8.37. The molecular weight excluding hydrogens is 194 g/mol. The molecule has 1 aromatic carbocycles. The van der Waals surface area contributed by atoms with Gasteiger partial charge in [-0.05, 0) is 11.6 Å². The molecule has 2 aliphatic rings. The highest BCUT2D eigenvalue weighted by molar-refractivity contribution is 8.01. The molecule has 72 valence electrons. The number of hydrogen-bond donors (Lipinski definition) is 2. The summed E-state index contributed by atoms with van der Waals surface area (Å²) in [5.41, 5.74) is 7.08. The van der Waals surface area contributed by atoms with Gasteiger partial charge in [0, 0.05) is 11.1 Å². The average Bonchev–Trinajstić information content (AvgIpc) is 2.56. The topological polar surface area (TPSA) is 50.4 Å². The SMILES string of the molecule is NC1N=CC2Sc3ccccc3C2N1. The zero-order valence-electron chi connectivity index (χ0n) is 7.55. The molecule has 14 heavy (non-hydrogen) atoms. The Hall–Kier alpha value is -0.840. The van der Waals surface area contributed by atoms with E-state index in [1.54, 1.807) is 0 Å². The standard InChI is InChI=1S/C10H11N3S/c11-10-12-5-8-9(13-10)6-3-1-2-4-7(6)14-8/h1-5,8-10,13H,11H2. The highest BCUT2D eigenvalue weighted by Crippen LogP contribution is 2.44. The molecule has 3 unspecified atom stereocenters. The zero-order chi connectivity index (χ0) is 9.54. The van der Waals surface area contributed by atoms with E-state index in [4.69, 9.17) is 5.73 Å². The van der Waals surface area contributed by atoms with Crippen LogP contribution in [0.1, 0.15) is 11.6 Å². The fraction of sp³-hybridized carbons (Fsp3) is 0.300. The normalized spacial score (nSPS) is 33.9. The Kier molecular flexibility index (Phi) is 1.87. The van der Waals surface area contributed by atoms with Gasteiger partial charge in [-0.2, -0.15) is 0 Å². The Labute approximate surface area is 86.8 Å². The summed E-state index contributed by atoms with van der Waals surface area (Å²) < 4.78 is 0. The lowest BCUT2D eigenvalue weighted by atomic mass is 10.0. The molecule has 1 aromatic rings. The summed E-state index contributed by atoms with van der Waals surface area (Å²) in [5, 5.41) is 3.70. The van der Waals surface area contributed by atoms with E-state index in [1.807, 2.05) is 18.0 Å². The van der Waals surface area contributed by atoms with Crippen LogP contribution in [0.5, 0.6) is 0 Å². The van der Waals surface area contributed by atoms with Crippen molar-refractivity contribution in [3.05, 3.63) is 29.8 Å². The summed E-state index contributed by atoms with van der Waals surface area (Å²) in [5.74, 6) is 0. The number of nitrogens with one attached hydrogen (secondary N) is 1. The summed E-state index contributed by atoms with van der Waals surface area (Å²) in [4.78, 5) is 5.52. The van der Waals surface area contributed by atoms with Crippen molar-refractivity contribution in [3.63, 3.8) is 0 Å². The molecule has 2 heterocycles. The van der Waals surface area contributed by atoms with Gasteiger partial charge in [0.2, 0.25) is 0 Å². The number of nitrogens with zero attached hydrogens (tertiary/aromatic N) is 1. The Morgan fingerprint density at radius 2 is 2.21 bits per heavy atom. The molecular formula is C10H11N3S. The number of benzene rings is 1. The Bertz CT molecular complexity index is 391. The maximum Gasteiger partial charge on any atom is 0.151 e. The third kappa shape index (κ3) is 1.19. The van der Waals surface area contributed by atoms with Crippen LogP contribution in [-0.4, -0.2) is 17.8 Å². The summed E-state index contributed by atoms with van der Waals surface area (Å²) in [6, 6.07) is 8.79. The van der Waals surface area contributed by atoms with Gasteiger partial charge < -0.3 is 0 Å². The number of nitrogens with two attached hydrogens (primary N) is 1. The summed E-state index contributed by atoms with van der Waals surface area (Å²) in [6.07, 6.45) is 1.72. The van der Waals surface area contributed by atoms with E-state index in [-0.39, 0.29) is 6.29 Å². The highest BCUT2D eigenvalue weighted by Gasteiger charge is 2.34. The van der Waals surface area contributed by atoms with Crippen LogP contribution < -0.4 is 11.1 Å². The summed E-state index contributed by atoms with van der Waals surface area (Å²) >= 11 is 1.85. The lowest BCUT2D eigenvalue weighted by Gasteiger charge is -2.25. The average molecular weight is 205 g/mol. The van der Waals surface area contributed by atoms with Crippen LogP contribution in [0.3, 0.4) is 0 Å². The van der Waals surface area contributed by atoms with Crippen molar-refractivity contribution in [2.75, 3.05) is 0 Å². The van der Waals surface area contributed by atoms with Crippen LogP contribution >= 0.6 is 11.8 Å². The van der Waals surface area contributed by atoms with Crippen molar-refractivity contribution in [1.82, 2.24) is 5.32 Å². The fourth-order valence-corrected chi connectivity index (χ4v) is 3.22. The van der Waals surface area contributed by atoms with Crippen LogP contribution in [0.2, 0.25) is 0 Å². The number of thioether (sulfide) groups is 1. The van der Waals surface area contributed by atoms with Crippen LogP contribution in [0.25, 0.3) is 0 Å². The largest absolute Gasteiger partial charge is 0.297 e. The van der Waals surface area contributed by atoms with Gasteiger partial charge in [0.1, 0.15) is 0 Å². The van der Waals surface area contributed by atoms with Crippen LogP contribution in [0.15, 0.2) is 34.2 Å². The molecule has 3 nitrogen and oxygen atoms in total. The third-order valence-corrected chi connectivity index (χ3v) is 3.88. The van der Waals surface area contributed by atoms with Gasteiger partial charge in [-0.3, -0.25) is 16.0 Å². The summed E-state index contributed by atoms with van der Waals surface area (Å²) in [6.45, 7) is 0. The minimum absolute atomic E-state index is 0.247. The van der Waals surface area contributed by atoms with E-state index in [9.17, 15) is 0 Å². The second kappa shape index (κ2) is 3.08. The van der Waals surface area contributed by atoms with E-state index >= 15 is 0 Å². The van der Waals surface area contributed by atoms with Gasteiger partial charge in [-0.25, -0.2) is 0 Å². The van der Waals surface area contributed by atoms with Crippen molar-refractivity contribution in [1.29, 1.82) is 0 Å². The number of aliphatic imine (C=N–C) groups is 1. The van der Waals surface area contributed by atoms with E-state index in [2.05, 4.69) is 34.6 Å². The monoisotopic (exact) mass is 205 g/mol. The number of hydrogen-bond acceptors (Lipinski definition) is 4. The second-order valence-corrected chi connectivity index (χ2v) is 4.73. The van der Waals surface area contributed by atoms with Crippen LogP contribution in [0.4, 0.5) is 0 Å². The molecule has 0 aromatic heterocycles. The molecule has 0 radical (unpaired) electrons. The van der Waals surface area contributed by atoms with Gasteiger partial charge in [0.05, 0.1) is 11.3 Å². The molecule has 0 spiro atoms. The highest BCUT2D eigenvalue weighted by atomic mass is 32.2. The van der Waals surface area contributed by atoms with E-state index in [0.29, 0.717) is 11.3 Å². The predicted octanol–water partition coefficient (Wildman–Crippen LogP) is 1.12. The molecule has 0 bridgehead atoms. The van der Waals surface area contributed by atoms with E-state index in [0.717, 1.165) is 0 Å². The molecule has 4 heteroatoms. The van der Waals surface area contributed by atoms with Gasteiger partial charge in [-0.15, -0.1) is 11.8 Å². The Morgan fingerprint density at radius 1 is 1.36 bits per heavy atom. The molecule has 0 aliphatic carbocycles. The first-order valence-electron chi connectivity index (χ1n) is 4.65. The van der Waals surface area contributed by atoms with E-state index in [1.165, 1.54) is 10.5 Å². The minimum Gasteiger partial charge on any atom is -0.297 e. The molecule has 3 N–H and O–H groups in total. The lowest BCUT2D eigenvalue weighted by molar-refractivity contribution is 0.452. The molecule has 3 atom stereocenters. The van der Waals surface area contributed by atoms with Crippen molar-refractivity contribution in [2.45, 2.75) is 22.5 Å². The lowest BCUT2D eigenvalue weighted by Crippen LogP contribution is -2.45. The third-order valence-electron chi connectivity index (χ3n) is 2.59. The van der Waals surface area contributed by atoms with E-state index < -0.39 is 0 Å². The maximum absolute atomic E-state index is 5.73. The van der Waals surface area contributed by atoms with Gasteiger partial charge in [0.15, 0.2) is 6.29 Å². The smallest absolute Gasteiger partial charge is 0.151 e. The van der Waals surface area contributed by atoms with Crippen LogP contribution in [-0.2, 0) is 0 Å². The quantitative estimate of drug-likeness (QED) is 0.667. The first-order valence-corrected chi connectivity index (χ1v) is 5.53. The Morgan fingerprint density at radius 3 is 3.14 bits per heavy atom. The first-order chi connectivity index (χ1) is 6.84. The molecule has 0 amide bonds. The second-order valence-electron chi connectivity index (χ2n) is 3.51.